The summed E-state index contributed by atoms with van der Waals surface area (Å²) in [6.07, 6.45) is 5.07. The van der Waals surface area contributed by atoms with E-state index in [-0.39, 0.29) is 30.1 Å². The number of halogens is 1. The molecule has 0 amide bonds. The molecule has 0 saturated carbocycles. The Morgan fingerprint density at radius 1 is 1.19 bits per heavy atom. The Morgan fingerprint density at radius 3 is 2.43 bits per heavy atom. The van der Waals surface area contributed by atoms with Gasteiger partial charge in [0, 0.05) is 13.1 Å². The molecular formula is C16H26IN3O. The zero-order chi connectivity index (χ0) is 14.2. The second kappa shape index (κ2) is 9.87. The summed E-state index contributed by atoms with van der Waals surface area (Å²) in [4.78, 5) is 6.68. The van der Waals surface area contributed by atoms with Crippen molar-refractivity contribution in [2.45, 2.75) is 38.7 Å². The number of benzene rings is 1. The summed E-state index contributed by atoms with van der Waals surface area (Å²) in [5.41, 5.74) is 6.08. The van der Waals surface area contributed by atoms with E-state index in [1.807, 2.05) is 37.3 Å². The Morgan fingerprint density at radius 2 is 1.81 bits per heavy atom. The molecule has 5 heteroatoms. The van der Waals surface area contributed by atoms with Crippen LogP contribution in [0.5, 0.6) is 5.75 Å². The van der Waals surface area contributed by atoms with Crippen LogP contribution in [0.15, 0.2) is 35.3 Å². The van der Waals surface area contributed by atoms with Crippen molar-refractivity contribution < 1.29 is 4.74 Å². The van der Waals surface area contributed by atoms with Crippen molar-refractivity contribution in [3.63, 3.8) is 0 Å². The van der Waals surface area contributed by atoms with Crippen LogP contribution in [0.25, 0.3) is 0 Å². The molecule has 1 fully saturated rings. The minimum Gasteiger partial charge on any atom is -0.489 e. The number of nitrogens with zero attached hydrogens (tertiary/aromatic N) is 2. The molecule has 1 heterocycles. The van der Waals surface area contributed by atoms with Crippen LogP contribution in [0.4, 0.5) is 0 Å². The summed E-state index contributed by atoms with van der Waals surface area (Å²) >= 11 is 0. The normalized spacial score (nSPS) is 17.6. The van der Waals surface area contributed by atoms with Gasteiger partial charge in [-0.15, -0.1) is 24.0 Å². The van der Waals surface area contributed by atoms with Gasteiger partial charge in [0.2, 0.25) is 0 Å². The molecule has 1 saturated heterocycles. The molecule has 1 aromatic carbocycles. The monoisotopic (exact) mass is 403 g/mol. The lowest BCUT2D eigenvalue weighted by Crippen LogP contribution is -2.38. The Labute approximate surface area is 144 Å². The number of nitrogens with two attached hydrogens (primary N) is 1. The number of hydrogen-bond donors (Lipinski definition) is 1. The fraction of sp³-hybridized carbons (Fsp3) is 0.562. The summed E-state index contributed by atoms with van der Waals surface area (Å²) in [6.45, 7) is 4.68. The number of aliphatic imine (C=N–C) groups is 1. The molecule has 2 N–H and O–H groups in total. The second-order valence-corrected chi connectivity index (χ2v) is 5.34. The lowest BCUT2D eigenvalue weighted by Gasteiger charge is -2.21. The molecule has 1 aliphatic heterocycles. The van der Waals surface area contributed by atoms with Crippen molar-refractivity contribution in [3.8, 4) is 5.75 Å². The van der Waals surface area contributed by atoms with E-state index in [9.17, 15) is 0 Å². The Balaban J connectivity index is 0.00000220. The third-order valence-corrected chi connectivity index (χ3v) is 3.52. The van der Waals surface area contributed by atoms with Gasteiger partial charge in [-0.05, 0) is 31.9 Å². The first-order chi connectivity index (χ1) is 9.75. The van der Waals surface area contributed by atoms with Crippen LogP contribution in [0.2, 0.25) is 0 Å². The van der Waals surface area contributed by atoms with Gasteiger partial charge in [-0.3, -0.25) is 0 Å². The predicted octanol–water partition coefficient (Wildman–Crippen LogP) is 3.26. The van der Waals surface area contributed by atoms with E-state index in [0.29, 0.717) is 12.5 Å². The van der Waals surface area contributed by atoms with Gasteiger partial charge in [-0.1, -0.05) is 31.0 Å². The topological polar surface area (TPSA) is 50.8 Å². The van der Waals surface area contributed by atoms with Crippen molar-refractivity contribution in [2.75, 3.05) is 19.6 Å². The predicted molar refractivity (Wildman–Crippen MR) is 98.5 cm³/mol. The van der Waals surface area contributed by atoms with Gasteiger partial charge in [0.05, 0.1) is 6.54 Å². The zero-order valence-electron chi connectivity index (χ0n) is 12.7. The molecule has 118 valence electrons. The van der Waals surface area contributed by atoms with Crippen LogP contribution in [-0.2, 0) is 0 Å². The van der Waals surface area contributed by atoms with Gasteiger partial charge in [0.1, 0.15) is 11.9 Å². The minimum atomic E-state index is 0. The number of hydrogen-bond acceptors (Lipinski definition) is 2. The highest BCUT2D eigenvalue weighted by atomic mass is 127. The second-order valence-electron chi connectivity index (χ2n) is 5.34. The molecule has 0 aromatic heterocycles. The van der Waals surface area contributed by atoms with Crippen LogP contribution in [0.3, 0.4) is 0 Å². The number of rotatable bonds is 4. The number of para-hydroxylation sites is 1. The van der Waals surface area contributed by atoms with Crippen LogP contribution >= 0.6 is 24.0 Å². The van der Waals surface area contributed by atoms with Crippen LogP contribution in [0.1, 0.15) is 32.6 Å². The van der Waals surface area contributed by atoms with E-state index in [4.69, 9.17) is 10.5 Å². The third kappa shape index (κ3) is 6.54. The maximum Gasteiger partial charge on any atom is 0.191 e. The Hall–Kier alpha value is -0.980. The van der Waals surface area contributed by atoms with Crippen LogP contribution in [-0.4, -0.2) is 36.6 Å². The number of ether oxygens (including phenoxy) is 1. The average molecular weight is 403 g/mol. The molecule has 1 aliphatic rings. The molecular weight excluding hydrogens is 377 g/mol. The molecule has 1 atom stereocenters. The molecule has 0 spiro atoms. The highest BCUT2D eigenvalue weighted by Crippen LogP contribution is 2.11. The minimum absolute atomic E-state index is 0. The molecule has 2 rings (SSSR count). The highest BCUT2D eigenvalue weighted by Gasteiger charge is 2.11. The van der Waals surface area contributed by atoms with Crippen molar-refractivity contribution >= 4 is 29.9 Å². The van der Waals surface area contributed by atoms with Gasteiger partial charge in [0.15, 0.2) is 5.96 Å². The van der Waals surface area contributed by atoms with Crippen LogP contribution in [0, 0.1) is 0 Å². The van der Waals surface area contributed by atoms with E-state index in [0.717, 1.165) is 18.8 Å². The maximum atomic E-state index is 6.08. The highest BCUT2D eigenvalue weighted by molar-refractivity contribution is 14.0. The molecule has 4 nitrogen and oxygen atoms in total. The average Bonchev–Trinajstić information content (AvgIpc) is 2.75. The fourth-order valence-corrected chi connectivity index (χ4v) is 2.39. The first-order valence-electron chi connectivity index (χ1n) is 7.52. The van der Waals surface area contributed by atoms with Crippen molar-refractivity contribution in [3.05, 3.63) is 30.3 Å². The molecule has 0 aliphatic carbocycles. The lowest BCUT2D eigenvalue weighted by atomic mass is 10.2. The summed E-state index contributed by atoms with van der Waals surface area (Å²) < 4.78 is 5.80. The van der Waals surface area contributed by atoms with E-state index >= 15 is 0 Å². The van der Waals surface area contributed by atoms with E-state index in [1.165, 1.54) is 25.7 Å². The first kappa shape index (κ1) is 18.1. The molecule has 0 radical (unpaired) electrons. The van der Waals surface area contributed by atoms with Gasteiger partial charge in [-0.2, -0.15) is 0 Å². The molecule has 21 heavy (non-hydrogen) atoms. The van der Waals surface area contributed by atoms with E-state index in [1.54, 1.807) is 0 Å². The lowest BCUT2D eigenvalue weighted by molar-refractivity contribution is 0.229. The van der Waals surface area contributed by atoms with Crippen molar-refractivity contribution in [1.29, 1.82) is 0 Å². The van der Waals surface area contributed by atoms with E-state index in [2.05, 4.69) is 9.89 Å². The quantitative estimate of drug-likeness (QED) is 0.477. The van der Waals surface area contributed by atoms with Gasteiger partial charge in [0.25, 0.3) is 0 Å². The van der Waals surface area contributed by atoms with Gasteiger partial charge in [-0.25, -0.2) is 4.99 Å². The first-order valence-corrected chi connectivity index (χ1v) is 7.52. The maximum absolute atomic E-state index is 6.08. The summed E-state index contributed by atoms with van der Waals surface area (Å²) in [7, 11) is 0. The summed E-state index contributed by atoms with van der Waals surface area (Å²) in [5, 5.41) is 0. The standard InChI is InChI=1S/C16H25N3O.HI/c1-14(20-15-9-5-4-6-10-15)13-18-16(17)19-11-7-2-3-8-12-19;/h4-6,9-10,14H,2-3,7-8,11-13H2,1H3,(H2,17,18);1H. The Kier molecular flexibility index (Phi) is 8.49. The largest absolute Gasteiger partial charge is 0.489 e. The summed E-state index contributed by atoms with van der Waals surface area (Å²) in [6, 6.07) is 9.83. The van der Waals surface area contributed by atoms with Crippen molar-refractivity contribution in [1.82, 2.24) is 4.90 Å². The van der Waals surface area contributed by atoms with Gasteiger partial charge < -0.3 is 15.4 Å². The summed E-state index contributed by atoms with van der Waals surface area (Å²) in [5.74, 6) is 1.54. The SMILES string of the molecule is CC(CN=C(N)N1CCCCCC1)Oc1ccccc1.I. The molecule has 1 unspecified atom stereocenters. The zero-order valence-corrected chi connectivity index (χ0v) is 15.0. The van der Waals surface area contributed by atoms with Gasteiger partial charge >= 0.3 is 0 Å². The third-order valence-electron chi connectivity index (χ3n) is 3.52. The Bertz CT molecular complexity index is 417. The number of guanidine groups is 1. The molecule has 1 aromatic rings. The van der Waals surface area contributed by atoms with Crippen LogP contribution < -0.4 is 10.5 Å². The molecule has 0 bridgehead atoms. The smallest absolute Gasteiger partial charge is 0.191 e. The van der Waals surface area contributed by atoms with Crippen molar-refractivity contribution in [2.24, 2.45) is 10.7 Å². The van der Waals surface area contributed by atoms with E-state index < -0.39 is 0 Å². The fourth-order valence-electron chi connectivity index (χ4n) is 2.39. The number of likely N-dealkylation sites (tertiary alicyclic amines) is 1.